The summed E-state index contributed by atoms with van der Waals surface area (Å²) < 4.78 is 5.71. The Bertz CT molecular complexity index is 170. The van der Waals surface area contributed by atoms with E-state index in [4.69, 9.17) is 16.3 Å². The van der Waals surface area contributed by atoms with Gasteiger partial charge < -0.3 is 10.1 Å². The minimum atomic E-state index is 0.418. The molecule has 0 radical (unpaired) electrons. The molecule has 2 fully saturated rings. The van der Waals surface area contributed by atoms with E-state index in [-0.39, 0.29) is 0 Å². The third kappa shape index (κ3) is 2.58. The van der Waals surface area contributed by atoms with Crippen LogP contribution in [0.25, 0.3) is 0 Å². The maximum atomic E-state index is 5.89. The van der Waals surface area contributed by atoms with Crippen LogP contribution in [0, 0.1) is 0 Å². The molecular formula is C10H18ClNO. The quantitative estimate of drug-likeness (QED) is 0.708. The summed E-state index contributed by atoms with van der Waals surface area (Å²) in [6, 6.07) is 0.655. The summed E-state index contributed by atoms with van der Waals surface area (Å²) in [6.07, 6.45) is 5.60. The molecule has 3 heteroatoms. The van der Waals surface area contributed by atoms with Gasteiger partial charge in [-0.25, -0.2) is 0 Å². The zero-order chi connectivity index (χ0) is 9.26. The van der Waals surface area contributed by atoms with Crippen molar-refractivity contribution in [3.8, 4) is 0 Å². The summed E-state index contributed by atoms with van der Waals surface area (Å²) in [5, 5.41) is 3.92. The van der Waals surface area contributed by atoms with Crippen molar-refractivity contribution in [1.29, 1.82) is 0 Å². The van der Waals surface area contributed by atoms with Crippen LogP contribution in [0.2, 0.25) is 0 Å². The number of halogens is 1. The largest absolute Gasteiger partial charge is 0.374 e. The van der Waals surface area contributed by atoms with Gasteiger partial charge in [-0.2, -0.15) is 0 Å². The van der Waals surface area contributed by atoms with E-state index in [1.165, 1.54) is 12.8 Å². The van der Waals surface area contributed by atoms with E-state index in [9.17, 15) is 0 Å². The number of nitrogens with one attached hydrogen (secondary N) is 1. The third-order valence-electron chi connectivity index (χ3n) is 3.03. The van der Waals surface area contributed by atoms with Gasteiger partial charge in [0.25, 0.3) is 0 Å². The van der Waals surface area contributed by atoms with Crippen LogP contribution in [-0.4, -0.2) is 30.2 Å². The first-order valence-corrected chi connectivity index (χ1v) is 5.70. The summed E-state index contributed by atoms with van der Waals surface area (Å²) in [5.41, 5.74) is 0. The third-order valence-corrected chi connectivity index (χ3v) is 3.39. The Kier molecular flexibility index (Phi) is 3.12. The van der Waals surface area contributed by atoms with Crippen molar-refractivity contribution < 1.29 is 4.74 Å². The molecule has 0 amide bonds. The molecular weight excluding hydrogens is 186 g/mol. The van der Waals surface area contributed by atoms with Crippen molar-refractivity contribution in [3.63, 3.8) is 0 Å². The summed E-state index contributed by atoms with van der Waals surface area (Å²) >= 11 is 5.89. The van der Waals surface area contributed by atoms with Crippen LogP contribution >= 0.6 is 11.6 Å². The van der Waals surface area contributed by atoms with Gasteiger partial charge in [0.15, 0.2) is 0 Å². The summed E-state index contributed by atoms with van der Waals surface area (Å²) in [5.74, 6) is 0. The number of hydrogen-bond donors (Lipinski definition) is 1. The first-order valence-electron chi connectivity index (χ1n) is 5.27. The molecule has 1 heterocycles. The Morgan fingerprint density at radius 1 is 1.38 bits per heavy atom. The molecule has 0 aromatic carbocycles. The van der Waals surface area contributed by atoms with Crippen molar-refractivity contribution in [3.05, 3.63) is 0 Å². The van der Waals surface area contributed by atoms with Gasteiger partial charge in [0.05, 0.1) is 12.2 Å². The van der Waals surface area contributed by atoms with Gasteiger partial charge in [-0.15, -0.1) is 11.6 Å². The molecule has 2 rings (SSSR count). The van der Waals surface area contributed by atoms with Gasteiger partial charge in [0, 0.05) is 18.0 Å². The summed E-state index contributed by atoms with van der Waals surface area (Å²) in [7, 11) is 0. The average molecular weight is 204 g/mol. The minimum absolute atomic E-state index is 0.418. The molecule has 2 nitrogen and oxygen atoms in total. The lowest BCUT2D eigenvalue weighted by molar-refractivity contribution is 0.0525. The van der Waals surface area contributed by atoms with E-state index < -0.39 is 0 Å². The average Bonchev–Trinajstić information content (AvgIpc) is 2.43. The van der Waals surface area contributed by atoms with Crippen LogP contribution in [0.3, 0.4) is 0 Å². The summed E-state index contributed by atoms with van der Waals surface area (Å²) in [4.78, 5) is 0. The first-order chi connectivity index (χ1) is 6.24. The van der Waals surface area contributed by atoms with Crippen LogP contribution < -0.4 is 5.32 Å². The number of hydrogen-bond acceptors (Lipinski definition) is 2. The molecule has 1 N–H and O–H groups in total. The number of ether oxygens (including phenoxy) is 1. The molecule has 13 heavy (non-hydrogen) atoms. The number of alkyl halides is 1. The standard InChI is InChI=1S/C10H18ClNO/c1-7-2-3-10(13-7)6-12-9-4-8(11)5-9/h7-10,12H,2-6H2,1H3. The molecule has 1 aliphatic carbocycles. The van der Waals surface area contributed by atoms with E-state index in [0.29, 0.717) is 23.6 Å². The molecule has 2 aliphatic rings. The predicted octanol–water partition coefficient (Wildman–Crippen LogP) is 1.91. The molecule has 0 aromatic heterocycles. The van der Waals surface area contributed by atoms with Gasteiger partial charge in [0.2, 0.25) is 0 Å². The molecule has 0 bridgehead atoms. The second-order valence-corrected chi connectivity index (χ2v) is 4.94. The first kappa shape index (κ1) is 9.75. The molecule has 1 aliphatic heterocycles. The molecule has 0 spiro atoms. The minimum Gasteiger partial charge on any atom is -0.374 e. The Morgan fingerprint density at radius 2 is 2.15 bits per heavy atom. The lowest BCUT2D eigenvalue weighted by Crippen LogP contribution is -2.44. The zero-order valence-electron chi connectivity index (χ0n) is 8.13. The number of rotatable bonds is 3. The lowest BCUT2D eigenvalue weighted by Gasteiger charge is -2.32. The highest BCUT2D eigenvalue weighted by molar-refractivity contribution is 6.21. The van der Waals surface area contributed by atoms with Crippen molar-refractivity contribution in [2.45, 2.75) is 56.2 Å². The van der Waals surface area contributed by atoms with Crippen molar-refractivity contribution in [2.24, 2.45) is 0 Å². The van der Waals surface area contributed by atoms with E-state index in [0.717, 1.165) is 19.4 Å². The fourth-order valence-corrected chi connectivity index (χ4v) is 2.48. The van der Waals surface area contributed by atoms with Crippen LogP contribution in [0.4, 0.5) is 0 Å². The van der Waals surface area contributed by atoms with Gasteiger partial charge >= 0.3 is 0 Å². The van der Waals surface area contributed by atoms with Gasteiger partial charge in [-0.05, 0) is 32.6 Å². The predicted molar refractivity (Wildman–Crippen MR) is 54.2 cm³/mol. The van der Waals surface area contributed by atoms with E-state index in [1.54, 1.807) is 0 Å². The second kappa shape index (κ2) is 4.16. The van der Waals surface area contributed by atoms with Gasteiger partial charge in [-0.1, -0.05) is 0 Å². The normalized spacial score (nSPS) is 44.8. The maximum Gasteiger partial charge on any atom is 0.0704 e. The molecule has 1 saturated carbocycles. The van der Waals surface area contributed by atoms with Gasteiger partial charge in [0.1, 0.15) is 0 Å². The fourth-order valence-electron chi connectivity index (χ4n) is 2.05. The Labute approximate surface area is 85.0 Å². The highest BCUT2D eigenvalue weighted by Crippen LogP contribution is 2.26. The van der Waals surface area contributed by atoms with E-state index in [2.05, 4.69) is 12.2 Å². The van der Waals surface area contributed by atoms with Crippen molar-refractivity contribution in [2.75, 3.05) is 6.54 Å². The molecule has 76 valence electrons. The Hall–Kier alpha value is 0.210. The van der Waals surface area contributed by atoms with Crippen LogP contribution in [0.1, 0.15) is 32.6 Å². The molecule has 1 saturated heterocycles. The molecule has 2 atom stereocenters. The highest BCUT2D eigenvalue weighted by atomic mass is 35.5. The Balaban J connectivity index is 1.58. The van der Waals surface area contributed by atoms with Crippen LogP contribution in [0.15, 0.2) is 0 Å². The van der Waals surface area contributed by atoms with E-state index >= 15 is 0 Å². The molecule has 2 unspecified atom stereocenters. The van der Waals surface area contributed by atoms with Crippen LogP contribution in [-0.2, 0) is 4.74 Å². The molecule has 0 aromatic rings. The fraction of sp³-hybridized carbons (Fsp3) is 1.00. The summed E-state index contributed by atoms with van der Waals surface area (Å²) in [6.45, 7) is 3.16. The van der Waals surface area contributed by atoms with E-state index in [1.807, 2.05) is 0 Å². The smallest absolute Gasteiger partial charge is 0.0704 e. The van der Waals surface area contributed by atoms with Crippen molar-refractivity contribution >= 4 is 11.6 Å². The highest BCUT2D eigenvalue weighted by Gasteiger charge is 2.28. The SMILES string of the molecule is CC1CCC(CNC2CC(Cl)C2)O1. The van der Waals surface area contributed by atoms with Gasteiger partial charge in [-0.3, -0.25) is 0 Å². The van der Waals surface area contributed by atoms with Crippen molar-refractivity contribution in [1.82, 2.24) is 5.32 Å². The second-order valence-electron chi connectivity index (χ2n) is 4.32. The topological polar surface area (TPSA) is 21.3 Å². The monoisotopic (exact) mass is 203 g/mol. The Morgan fingerprint density at radius 3 is 2.69 bits per heavy atom. The maximum absolute atomic E-state index is 5.89. The van der Waals surface area contributed by atoms with Crippen LogP contribution in [0.5, 0.6) is 0 Å². The lowest BCUT2D eigenvalue weighted by atomic mass is 9.92. The zero-order valence-corrected chi connectivity index (χ0v) is 8.89.